The summed E-state index contributed by atoms with van der Waals surface area (Å²) in [5.74, 6) is -1.31. The van der Waals surface area contributed by atoms with Gasteiger partial charge in [-0.15, -0.1) is 0 Å². The Bertz CT molecular complexity index is 635. The first kappa shape index (κ1) is 11.9. The number of anilines is 1. The van der Waals surface area contributed by atoms with E-state index in [1.165, 1.54) is 24.3 Å². The molecule has 0 amide bonds. The molecule has 0 fully saturated rings. The van der Waals surface area contributed by atoms with Crippen molar-refractivity contribution >= 4 is 5.69 Å². The van der Waals surface area contributed by atoms with Gasteiger partial charge in [0.15, 0.2) is 11.6 Å². The number of ether oxygens (including phenoxy) is 1. The summed E-state index contributed by atoms with van der Waals surface area (Å²) >= 11 is 0. The Morgan fingerprint density at radius 1 is 1.06 bits per heavy atom. The highest BCUT2D eigenvalue weighted by molar-refractivity contribution is 5.45. The summed E-state index contributed by atoms with van der Waals surface area (Å²) in [6.45, 7) is 0. The average Bonchev–Trinajstić information content (AvgIpc) is 2.33. The number of hydrogen-bond donors (Lipinski definition) is 1. The topological polar surface area (TPSA) is 59.0 Å². The molecule has 0 aliphatic rings. The van der Waals surface area contributed by atoms with Crippen LogP contribution < -0.4 is 10.5 Å². The quantitative estimate of drug-likeness (QED) is 0.827. The van der Waals surface area contributed by atoms with Gasteiger partial charge in [0.05, 0.1) is 5.56 Å². The fraction of sp³-hybridized carbons (Fsp3) is 0. The van der Waals surface area contributed by atoms with E-state index in [-0.39, 0.29) is 22.7 Å². The predicted molar refractivity (Wildman–Crippen MR) is 62.0 cm³/mol. The molecule has 0 heterocycles. The van der Waals surface area contributed by atoms with Crippen molar-refractivity contribution in [2.45, 2.75) is 0 Å². The first-order valence-electron chi connectivity index (χ1n) is 5.02. The summed E-state index contributed by atoms with van der Waals surface area (Å²) < 4.78 is 31.9. The lowest BCUT2D eigenvalue weighted by atomic mass is 10.2. The molecule has 0 aromatic heterocycles. The summed E-state index contributed by atoms with van der Waals surface area (Å²) in [6, 6.07) is 9.28. The summed E-state index contributed by atoms with van der Waals surface area (Å²) in [4.78, 5) is 0. The van der Waals surface area contributed by atoms with Crippen molar-refractivity contribution in [3.8, 4) is 17.6 Å². The summed E-state index contributed by atoms with van der Waals surface area (Å²) in [6.07, 6.45) is 0. The first-order chi connectivity index (χ1) is 8.60. The van der Waals surface area contributed by atoms with Crippen LogP contribution >= 0.6 is 0 Å². The van der Waals surface area contributed by atoms with Crippen molar-refractivity contribution in [2.24, 2.45) is 0 Å². The van der Waals surface area contributed by atoms with Gasteiger partial charge in [0.25, 0.3) is 0 Å². The average molecular weight is 246 g/mol. The Kier molecular flexibility index (Phi) is 3.11. The standard InChI is InChI=1S/C13H8F2N2O/c14-11-6-10(3-1-8(11)7-16)18-13-4-2-9(17)5-12(13)15/h1-6H,17H2. The normalized spacial score (nSPS) is 9.83. The van der Waals surface area contributed by atoms with Gasteiger partial charge in [-0.1, -0.05) is 0 Å². The van der Waals surface area contributed by atoms with E-state index in [1.807, 2.05) is 0 Å². The zero-order chi connectivity index (χ0) is 13.1. The molecule has 0 aliphatic carbocycles. The Labute approximate surface area is 102 Å². The van der Waals surface area contributed by atoms with Crippen LogP contribution in [0.15, 0.2) is 36.4 Å². The van der Waals surface area contributed by atoms with Gasteiger partial charge in [0.2, 0.25) is 0 Å². The second-order valence-corrected chi connectivity index (χ2v) is 3.55. The molecule has 2 N–H and O–H groups in total. The molecule has 18 heavy (non-hydrogen) atoms. The van der Waals surface area contributed by atoms with Crippen molar-refractivity contribution in [2.75, 3.05) is 5.73 Å². The monoisotopic (exact) mass is 246 g/mol. The third-order valence-electron chi connectivity index (χ3n) is 2.24. The Hall–Kier alpha value is -2.61. The number of benzene rings is 2. The van der Waals surface area contributed by atoms with Crippen molar-refractivity contribution in [1.29, 1.82) is 5.26 Å². The van der Waals surface area contributed by atoms with Crippen LogP contribution in [-0.2, 0) is 0 Å². The number of halogens is 2. The summed E-state index contributed by atoms with van der Waals surface area (Å²) in [7, 11) is 0. The maximum atomic E-state index is 13.4. The van der Waals surface area contributed by atoms with Gasteiger partial charge in [-0.2, -0.15) is 5.26 Å². The van der Waals surface area contributed by atoms with Crippen LogP contribution in [-0.4, -0.2) is 0 Å². The molecule has 0 bridgehead atoms. The van der Waals surface area contributed by atoms with E-state index in [2.05, 4.69) is 0 Å². The minimum absolute atomic E-state index is 0.0618. The van der Waals surface area contributed by atoms with Crippen molar-refractivity contribution in [1.82, 2.24) is 0 Å². The fourth-order valence-corrected chi connectivity index (χ4v) is 1.38. The van der Waals surface area contributed by atoms with Gasteiger partial charge in [-0.25, -0.2) is 8.78 Å². The molecule has 0 aliphatic heterocycles. The van der Waals surface area contributed by atoms with Crippen LogP contribution in [0, 0.1) is 23.0 Å². The molecule has 0 saturated carbocycles. The Morgan fingerprint density at radius 2 is 1.83 bits per heavy atom. The van der Waals surface area contributed by atoms with Crippen LogP contribution in [0.1, 0.15) is 5.56 Å². The molecule has 0 atom stereocenters. The molecular formula is C13H8F2N2O. The van der Waals surface area contributed by atoms with E-state index in [1.54, 1.807) is 6.07 Å². The Balaban J connectivity index is 2.29. The van der Waals surface area contributed by atoms with Gasteiger partial charge in [-0.3, -0.25) is 0 Å². The maximum Gasteiger partial charge on any atom is 0.167 e. The summed E-state index contributed by atoms with van der Waals surface area (Å²) in [5, 5.41) is 8.57. The molecule has 5 heteroatoms. The first-order valence-corrected chi connectivity index (χ1v) is 5.02. The van der Waals surface area contributed by atoms with Crippen LogP contribution in [0.3, 0.4) is 0 Å². The van der Waals surface area contributed by atoms with Crippen LogP contribution in [0.5, 0.6) is 11.5 Å². The molecule has 90 valence electrons. The van der Waals surface area contributed by atoms with Gasteiger partial charge in [-0.05, 0) is 24.3 Å². The van der Waals surface area contributed by atoms with Gasteiger partial charge in [0.1, 0.15) is 17.6 Å². The van der Waals surface area contributed by atoms with Crippen LogP contribution in [0.25, 0.3) is 0 Å². The highest BCUT2D eigenvalue weighted by Gasteiger charge is 2.08. The third kappa shape index (κ3) is 2.38. The van der Waals surface area contributed by atoms with Crippen LogP contribution in [0.4, 0.5) is 14.5 Å². The maximum absolute atomic E-state index is 13.4. The van der Waals surface area contributed by atoms with E-state index < -0.39 is 11.6 Å². The highest BCUT2D eigenvalue weighted by Crippen LogP contribution is 2.26. The number of nitrogens with zero attached hydrogens (tertiary/aromatic N) is 1. The molecule has 2 aromatic carbocycles. The molecular weight excluding hydrogens is 238 g/mol. The molecule has 0 radical (unpaired) electrons. The Morgan fingerprint density at radius 3 is 2.44 bits per heavy atom. The van der Waals surface area contributed by atoms with E-state index >= 15 is 0 Å². The van der Waals surface area contributed by atoms with E-state index in [4.69, 9.17) is 15.7 Å². The number of nitriles is 1. The van der Waals surface area contributed by atoms with Gasteiger partial charge in [0, 0.05) is 17.8 Å². The lowest BCUT2D eigenvalue weighted by molar-refractivity contribution is 0.439. The molecule has 2 rings (SSSR count). The molecule has 0 spiro atoms. The van der Waals surface area contributed by atoms with Gasteiger partial charge < -0.3 is 10.5 Å². The third-order valence-corrected chi connectivity index (χ3v) is 2.24. The highest BCUT2D eigenvalue weighted by atomic mass is 19.1. The SMILES string of the molecule is N#Cc1ccc(Oc2ccc(N)cc2F)cc1F. The summed E-state index contributed by atoms with van der Waals surface area (Å²) in [5.41, 5.74) is 5.56. The largest absolute Gasteiger partial charge is 0.454 e. The molecule has 2 aromatic rings. The van der Waals surface area contributed by atoms with E-state index in [9.17, 15) is 8.78 Å². The van der Waals surface area contributed by atoms with Crippen LogP contribution in [0.2, 0.25) is 0 Å². The number of hydrogen-bond acceptors (Lipinski definition) is 3. The second-order valence-electron chi connectivity index (χ2n) is 3.55. The number of nitrogens with two attached hydrogens (primary N) is 1. The number of rotatable bonds is 2. The van der Waals surface area contributed by atoms with Crippen molar-refractivity contribution in [3.63, 3.8) is 0 Å². The van der Waals surface area contributed by atoms with E-state index in [0.29, 0.717) is 0 Å². The zero-order valence-electron chi connectivity index (χ0n) is 9.15. The minimum Gasteiger partial charge on any atom is -0.454 e. The van der Waals surface area contributed by atoms with Gasteiger partial charge >= 0.3 is 0 Å². The molecule has 0 unspecified atom stereocenters. The zero-order valence-corrected chi connectivity index (χ0v) is 9.15. The lowest BCUT2D eigenvalue weighted by Gasteiger charge is -2.07. The second kappa shape index (κ2) is 4.72. The van der Waals surface area contributed by atoms with Crippen molar-refractivity contribution < 1.29 is 13.5 Å². The van der Waals surface area contributed by atoms with E-state index in [0.717, 1.165) is 12.1 Å². The molecule has 0 saturated heterocycles. The van der Waals surface area contributed by atoms with Crippen molar-refractivity contribution in [3.05, 3.63) is 53.6 Å². The number of nitrogen functional groups attached to an aromatic ring is 1. The fourth-order valence-electron chi connectivity index (χ4n) is 1.38. The molecule has 3 nitrogen and oxygen atoms in total. The predicted octanol–water partition coefficient (Wildman–Crippen LogP) is 3.21. The smallest absolute Gasteiger partial charge is 0.167 e. The minimum atomic E-state index is -0.717. The lowest BCUT2D eigenvalue weighted by Crippen LogP contribution is -1.92.